The van der Waals surface area contributed by atoms with Crippen molar-refractivity contribution in [1.29, 1.82) is 0 Å². The third kappa shape index (κ3) is 1.48. The van der Waals surface area contributed by atoms with Crippen molar-refractivity contribution in [3.63, 3.8) is 0 Å². The first-order chi connectivity index (χ1) is 8.00. The van der Waals surface area contributed by atoms with Crippen LogP contribution < -0.4 is 0 Å². The number of amides is 1. The van der Waals surface area contributed by atoms with Crippen molar-refractivity contribution in [2.45, 2.75) is 45.8 Å². The van der Waals surface area contributed by atoms with Crippen LogP contribution in [0.25, 0.3) is 0 Å². The minimum absolute atomic E-state index is 0.0822. The SMILES string of the molecule is CC(C)C(C)C(=O)N1CC2CC3CC2C1C3O. The highest BCUT2D eigenvalue weighted by Crippen LogP contribution is 2.55. The molecule has 3 nitrogen and oxygen atoms in total. The fraction of sp³-hybridized carbons (Fsp3) is 0.929. The van der Waals surface area contributed by atoms with E-state index in [1.807, 2.05) is 11.8 Å². The molecular formula is C14H23NO2. The van der Waals surface area contributed by atoms with Crippen LogP contribution in [0.15, 0.2) is 0 Å². The first-order valence-corrected chi connectivity index (χ1v) is 6.99. The minimum Gasteiger partial charge on any atom is -0.391 e. The zero-order valence-corrected chi connectivity index (χ0v) is 11.0. The molecule has 0 radical (unpaired) electrons. The third-order valence-electron chi connectivity index (χ3n) is 5.52. The second kappa shape index (κ2) is 3.71. The van der Waals surface area contributed by atoms with Gasteiger partial charge >= 0.3 is 0 Å². The quantitative estimate of drug-likeness (QED) is 0.791. The molecule has 2 bridgehead atoms. The van der Waals surface area contributed by atoms with Crippen LogP contribution >= 0.6 is 0 Å². The molecule has 3 rings (SSSR count). The Morgan fingerprint density at radius 2 is 1.94 bits per heavy atom. The van der Waals surface area contributed by atoms with E-state index in [1.54, 1.807) is 0 Å². The zero-order chi connectivity index (χ0) is 12.3. The summed E-state index contributed by atoms with van der Waals surface area (Å²) in [5.41, 5.74) is 0. The number of rotatable bonds is 2. The van der Waals surface area contributed by atoms with Crippen LogP contribution in [0.5, 0.6) is 0 Å². The lowest BCUT2D eigenvalue weighted by Crippen LogP contribution is -2.46. The number of aliphatic hydroxyl groups is 1. The van der Waals surface area contributed by atoms with Crippen molar-refractivity contribution in [3.05, 3.63) is 0 Å². The van der Waals surface area contributed by atoms with Gasteiger partial charge in [-0.15, -0.1) is 0 Å². The van der Waals surface area contributed by atoms with Crippen LogP contribution in [-0.2, 0) is 4.79 Å². The average molecular weight is 237 g/mol. The fourth-order valence-corrected chi connectivity index (χ4v) is 4.21. The van der Waals surface area contributed by atoms with E-state index >= 15 is 0 Å². The van der Waals surface area contributed by atoms with Crippen molar-refractivity contribution < 1.29 is 9.90 Å². The first kappa shape index (κ1) is 11.5. The van der Waals surface area contributed by atoms with Crippen LogP contribution in [0.3, 0.4) is 0 Å². The highest BCUT2D eigenvalue weighted by Gasteiger charge is 2.60. The summed E-state index contributed by atoms with van der Waals surface area (Å²) in [5.74, 6) is 2.48. The molecular weight excluding hydrogens is 214 g/mol. The van der Waals surface area contributed by atoms with Crippen molar-refractivity contribution in [3.8, 4) is 0 Å². The monoisotopic (exact) mass is 237 g/mol. The predicted octanol–water partition coefficient (Wildman–Crippen LogP) is 1.51. The molecule has 3 fully saturated rings. The highest BCUT2D eigenvalue weighted by atomic mass is 16.3. The van der Waals surface area contributed by atoms with Gasteiger partial charge in [0.05, 0.1) is 12.1 Å². The summed E-state index contributed by atoms with van der Waals surface area (Å²) in [6.07, 6.45) is 2.04. The fourth-order valence-electron chi connectivity index (χ4n) is 4.21. The lowest BCUT2D eigenvalue weighted by Gasteiger charge is -2.31. The van der Waals surface area contributed by atoms with Crippen molar-refractivity contribution in [2.75, 3.05) is 6.54 Å². The second-order valence-corrected chi connectivity index (χ2v) is 6.66. The molecule has 17 heavy (non-hydrogen) atoms. The van der Waals surface area contributed by atoms with Gasteiger partial charge in [0.25, 0.3) is 0 Å². The lowest BCUT2D eigenvalue weighted by atomic mass is 9.88. The molecule has 2 aliphatic carbocycles. The first-order valence-electron chi connectivity index (χ1n) is 6.99. The molecule has 6 unspecified atom stereocenters. The van der Waals surface area contributed by atoms with E-state index in [0.29, 0.717) is 23.7 Å². The van der Waals surface area contributed by atoms with E-state index in [2.05, 4.69) is 13.8 Å². The molecule has 0 aromatic carbocycles. The van der Waals surface area contributed by atoms with Gasteiger partial charge in [-0.3, -0.25) is 4.79 Å². The summed E-state index contributed by atoms with van der Waals surface area (Å²) in [6, 6.07) is 0.146. The molecule has 1 amide bonds. The Labute approximate surface area is 103 Å². The molecule has 1 saturated heterocycles. The topological polar surface area (TPSA) is 40.5 Å². The maximum absolute atomic E-state index is 12.5. The minimum atomic E-state index is -0.248. The molecule has 0 aromatic heterocycles. The molecule has 0 aromatic rings. The summed E-state index contributed by atoms with van der Waals surface area (Å²) in [4.78, 5) is 14.5. The number of fused-ring (bicyclic) bond motifs is 1. The van der Waals surface area contributed by atoms with Crippen LogP contribution in [0.2, 0.25) is 0 Å². The molecule has 0 spiro atoms. The van der Waals surface area contributed by atoms with E-state index in [0.717, 1.165) is 19.4 Å². The van der Waals surface area contributed by atoms with Crippen LogP contribution in [0, 0.1) is 29.6 Å². The zero-order valence-electron chi connectivity index (χ0n) is 11.0. The van der Waals surface area contributed by atoms with Gasteiger partial charge < -0.3 is 10.0 Å². The second-order valence-electron chi connectivity index (χ2n) is 6.66. The molecule has 1 N–H and O–H groups in total. The number of carbonyl (C=O) groups is 1. The lowest BCUT2D eigenvalue weighted by molar-refractivity contribution is -0.139. The van der Waals surface area contributed by atoms with Gasteiger partial charge in [0.1, 0.15) is 0 Å². The van der Waals surface area contributed by atoms with Gasteiger partial charge in [-0.25, -0.2) is 0 Å². The number of hydrogen-bond donors (Lipinski definition) is 1. The highest BCUT2D eigenvalue weighted by molar-refractivity contribution is 5.79. The van der Waals surface area contributed by atoms with Crippen LogP contribution in [0.1, 0.15) is 33.6 Å². The number of carbonyl (C=O) groups excluding carboxylic acids is 1. The van der Waals surface area contributed by atoms with E-state index < -0.39 is 0 Å². The van der Waals surface area contributed by atoms with E-state index in [4.69, 9.17) is 0 Å². The maximum Gasteiger partial charge on any atom is 0.226 e. The number of aliphatic hydroxyl groups excluding tert-OH is 1. The number of hydrogen-bond acceptors (Lipinski definition) is 2. The van der Waals surface area contributed by atoms with Gasteiger partial charge in [0.15, 0.2) is 0 Å². The average Bonchev–Trinajstić information content (AvgIpc) is 2.87. The van der Waals surface area contributed by atoms with Gasteiger partial charge in [-0.2, -0.15) is 0 Å². The van der Waals surface area contributed by atoms with Crippen LogP contribution in [0.4, 0.5) is 0 Å². The van der Waals surface area contributed by atoms with Gasteiger partial charge in [0.2, 0.25) is 5.91 Å². The Morgan fingerprint density at radius 3 is 2.53 bits per heavy atom. The van der Waals surface area contributed by atoms with Crippen molar-refractivity contribution in [2.24, 2.45) is 29.6 Å². The summed E-state index contributed by atoms with van der Waals surface area (Å²) in [7, 11) is 0. The van der Waals surface area contributed by atoms with Crippen molar-refractivity contribution >= 4 is 5.91 Å². The molecule has 2 saturated carbocycles. The molecule has 3 heteroatoms. The largest absolute Gasteiger partial charge is 0.391 e. The maximum atomic E-state index is 12.5. The Kier molecular flexibility index (Phi) is 2.51. The normalized spacial score (nSPS) is 44.8. The van der Waals surface area contributed by atoms with E-state index in [9.17, 15) is 9.90 Å². The number of nitrogens with zero attached hydrogens (tertiary/aromatic N) is 1. The molecule has 1 heterocycles. The molecule has 1 aliphatic heterocycles. The number of likely N-dealkylation sites (tertiary alicyclic amines) is 1. The molecule has 3 aliphatic rings. The molecule has 6 atom stereocenters. The Bertz CT molecular complexity index is 339. The standard InChI is InChI=1S/C14H23NO2/c1-7(2)8(3)14(17)15-6-10-4-9-5-11(10)12(15)13(9)16/h7-13,16H,4-6H2,1-3H3. The Morgan fingerprint density at radius 1 is 1.24 bits per heavy atom. The van der Waals surface area contributed by atoms with Crippen molar-refractivity contribution in [1.82, 2.24) is 4.90 Å². The van der Waals surface area contributed by atoms with Gasteiger partial charge in [0, 0.05) is 12.5 Å². The summed E-state index contributed by atoms with van der Waals surface area (Å²) in [6.45, 7) is 7.12. The van der Waals surface area contributed by atoms with Gasteiger partial charge in [-0.1, -0.05) is 20.8 Å². The van der Waals surface area contributed by atoms with E-state index in [1.165, 1.54) is 0 Å². The Balaban J connectivity index is 1.80. The summed E-state index contributed by atoms with van der Waals surface area (Å²) >= 11 is 0. The Hall–Kier alpha value is -0.570. The summed E-state index contributed by atoms with van der Waals surface area (Å²) < 4.78 is 0. The van der Waals surface area contributed by atoms with Crippen LogP contribution in [-0.4, -0.2) is 34.6 Å². The van der Waals surface area contributed by atoms with E-state index in [-0.39, 0.29) is 24.0 Å². The van der Waals surface area contributed by atoms with Gasteiger partial charge in [-0.05, 0) is 36.5 Å². The smallest absolute Gasteiger partial charge is 0.226 e. The predicted molar refractivity (Wildman–Crippen MR) is 65.2 cm³/mol. The third-order valence-corrected chi connectivity index (χ3v) is 5.52. The molecule has 96 valence electrons. The summed E-state index contributed by atoms with van der Waals surface area (Å²) in [5, 5.41) is 10.3.